The molecular weight excluding hydrogens is 208 g/mol. The Labute approximate surface area is 93.1 Å². The van der Waals surface area contributed by atoms with Gasteiger partial charge in [0.15, 0.2) is 5.06 Å². The molecule has 15 heavy (non-hydrogen) atoms. The van der Waals surface area contributed by atoms with Crippen LogP contribution in [0.1, 0.15) is 25.8 Å². The summed E-state index contributed by atoms with van der Waals surface area (Å²) in [6.07, 6.45) is 5.67. The third kappa shape index (κ3) is 1.81. The molecule has 0 fully saturated rings. The van der Waals surface area contributed by atoms with Gasteiger partial charge in [0.25, 0.3) is 0 Å². The molecule has 0 aromatic carbocycles. The highest BCUT2D eigenvalue weighted by Gasteiger charge is 2.17. The first-order chi connectivity index (χ1) is 7.45. The lowest BCUT2D eigenvalue weighted by molar-refractivity contribution is 0.299. The summed E-state index contributed by atoms with van der Waals surface area (Å²) >= 11 is 1.63. The molecule has 0 unspecified atom stereocenters. The van der Waals surface area contributed by atoms with Crippen LogP contribution in [-0.4, -0.2) is 16.6 Å². The molecule has 1 aliphatic heterocycles. The molecule has 2 aromatic rings. The highest BCUT2D eigenvalue weighted by atomic mass is 32.1. The highest BCUT2D eigenvalue weighted by molar-refractivity contribution is 7.20. The Balaban J connectivity index is 0.000000404. The van der Waals surface area contributed by atoms with Crippen LogP contribution in [0.3, 0.4) is 0 Å². The summed E-state index contributed by atoms with van der Waals surface area (Å²) in [6, 6.07) is 0. The van der Waals surface area contributed by atoms with E-state index in [2.05, 4.69) is 9.97 Å². The number of ether oxygens (including phenoxy) is 1. The number of aromatic nitrogens is 2. The Kier molecular flexibility index (Phi) is 3.16. The van der Waals surface area contributed by atoms with E-state index in [0.717, 1.165) is 29.3 Å². The van der Waals surface area contributed by atoms with Crippen molar-refractivity contribution in [2.45, 2.75) is 26.7 Å². The lowest BCUT2D eigenvalue weighted by Gasteiger charge is -2.11. The van der Waals surface area contributed by atoms with E-state index in [9.17, 15) is 0 Å². The first-order valence-electron chi connectivity index (χ1n) is 5.29. The summed E-state index contributed by atoms with van der Waals surface area (Å²) in [4.78, 5) is 9.29. The average Bonchev–Trinajstić information content (AvgIpc) is 2.70. The van der Waals surface area contributed by atoms with E-state index < -0.39 is 0 Å². The van der Waals surface area contributed by atoms with Crippen LogP contribution in [-0.2, 0) is 6.42 Å². The van der Waals surface area contributed by atoms with Gasteiger partial charge in [-0.1, -0.05) is 25.2 Å². The predicted octanol–water partition coefficient (Wildman–Crippen LogP) is 3.04. The number of nitrogens with zero attached hydrogens (tertiary/aromatic N) is 2. The Hall–Kier alpha value is -1.16. The van der Waals surface area contributed by atoms with Gasteiger partial charge in [0.2, 0.25) is 0 Å². The molecule has 80 valence electrons. The maximum Gasteiger partial charge on any atom is 0.179 e. The minimum absolute atomic E-state index is 0.841. The van der Waals surface area contributed by atoms with Crippen molar-refractivity contribution in [3.8, 4) is 5.06 Å². The Morgan fingerprint density at radius 3 is 3.13 bits per heavy atom. The molecule has 2 aromatic heterocycles. The molecule has 0 atom stereocenters. The zero-order valence-electron chi connectivity index (χ0n) is 8.99. The fourth-order valence-corrected chi connectivity index (χ4v) is 2.67. The summed E-state index contributed by atoms with van der Waals surface area (Å²) in [5.74, 6) is 0. The lowest BCUT2D eigenvalue weighted by Crippen LogP contribution is -2.05. The molecule has 4 heteroatoms. The summed E-state index contributed by atoms with van der Waals surface area (Å²) in [6.45, 7) is 4.84. The minimum Gasteiger partial charge on any atom is -0.484 e. The lowest BCUT2D eigenvalue weighted by atomic mass is 10.1. The van der Waals surface area contributed by atoms with Gasteiger partial charge < -0.3 is 4.74 Å². The predicted molar refractivity (Wildman–Crippen MR) is 62.6 cm³/mol. The third-order valence-electron chi connectivity index (χ3n) is 2.24. The molecule has 0 saturated heterocycles. The number of hydrogen-bond acceptors (Lipinski definition) is 4. The van der Waals surface area contributed by atoms with Gasteiger partial charge in [0.1, 0.15) is 11.2 Å². The van der Waals surface area contributed by atoms with Crippen molar-refractivity contribution in [2.75, 3.05) is 6.61 Å². The second-order valence-electron chi connectivity index (χ2n) is 3.06. The SMILES string of the molecule is CC.c1ncc2c3c(sc2n1)OCCC3. The van der Waals surface area contributed by atoms with E-state index in [4.69, 9.17) is 4.74 Å². The zero-order valence-corrected chi connectivity index (χ0v) is 9.80. The standard InChI is InChI=1S/C9H8N2OS.C2H6/c1-2-6-7-4-10-5-11-8(7)13-9(6)12-3-1;1-2/h4-5H,1-3H2;1-2H3. The number of rotatable bonds is 0. The largest absolute Gasteiger partial charge is 0.484 e. The molecule has 0 N–H and O–H groups in total. The topological polar surface area (TPSA) is 35.0 Å². The van der Waals surface area contributed by atoms with Crippen molar-refractivity contribution in [1.82, 2.24) is 9.97 Å². The summed E-state index contributed by atoms with van der Waals surface area (Å²) < 4.78 is 5.56. The van der Waals surface area contributed by atoms with E-state index in [1.807, 2.05) is 20.0 Å². The van der Waals surface area contributed by atoms with Crippen LogP contribution in [0.25, 0.3) is 10.2 Å². The van der Waals surface area contributed by atoms with Crippen LogP contribution < -0.4 is 4.74 Å². The molecule has 0 saturated carbocycles. The van der Waals surface area contributed by atoms with Crippen molar-refractivity contribution in [3.05, 3.63) is 18.1 Å². The molecule has 0 bridgehead atoms. The van der Waals surface area contributed by atoms with Crippen LogP contribution in [0.2, 0.25) is 0 Å². The first kappa shape index (κ1) is 10.4. The smallest absolute Gasteiger partial charge is 0.179 e. The van der Waals surface area contributed by atoms with Crippen molar-refractivity contribution in [1.29, 1.82) is 0 Å². The second-order valence-corrected chi connectivity index (χ2v) is 4.02. The van der Waals surface area contributed by atoms with Gasteiger partial charge in [-0.25, -0.2) is 9.97 Å². The van der Waals surface area contributed by atoms with Gasteiger partial charge in [-0.15, -0.1) is 0 Å². The quantitative estimate of drug-likeness (QED) is 0.687. The number of hydrogen-bond donors (Lipinski definition) is 0. The summed E-state index contributed by atoms with van der Waals surface area (Å²) in [5.41, 5.74) is 1.30. The van der Waals surface area contributed by atoms with E-state index in [0.29, 0.717) is 0 Å². The van der Waals surface area contributed by atoms with Crippen LogP contribution >= 0.6 is 11.3 Å². The van der Waals surface area contributed by atoms with Gasteiger partial charge in [0, 0.05) is 17.1 Å². The van der Waals surface area contributed by atoms with Gasteiger partial charge in [-0.3, -0.25) is 0 Å². The fraction of sp³-hybridized carbons (Fsp3) is 0.455. The third-order valence-corrected chi connectivity index (χ3v) is 3.31. The molecule has 0 aliphatic carbocycles. The molecule has 3 heterocycles. The number of thiophene rings is 1. The molecule has 0 amide bonds. The maximum absolute atomic E-state index is 5.56. The van der Waals surface area contributed by atoms with Gasteiger partial charge in [0.05, 0.1) is 6.61 Å². The molecule has 3 nitrogen and oxygen atoms in total. The minimum atomic E-state index is 0.841. The highest BCUT2D eigenvalue weighted by Crippen LogP contribution is 2.38. The maximum atomic E-state index is 5.56. The van der Waals surface area contributed by atoms with Gasteiger partial charge in [-0.2, -0.15) is 0 Å². The first-order valence-corrected chi connectivity index (χ1v) is 6.11. The Morgan fingerprint density at radius 2 is 2.27 bits per heavy atom. The fourth-order valence-electron chi connectivity index (χ4n) is 1.63. The van der Waals surface area contributed by atoms with Crippen molar-refractivity contribution in [2.24, 2.45) is 0 Å². The van der Waals surface area contributed by atoms with Crippen molar-refractivity contribution in [3.63, 3.8) is 0 Å². The van der Waals surface area contributed by atoms with E-state index >= 15 is 0 Å². The molecular formula is C11H14N2OS. The Bertz CT molecular complexity index is 453. The van der Waals surface area contributed by atoms with Crippen LogP contribution in [0, 0.1) is 0 Å². The molecule has 0 spiro atoms. The zero-order chi connectivity index (χ0) is 10.7. The van der Waals surface area contributed by atoms with Gasteiger partial charge in [-0.05, 0) is 12.8 Å². The van der Waals surface area contributed by atoms with E-state index in [-0.39, 0.29) is 0 Å². The van der Waals surface area contributed by atoms with Crippen LogP contribution in [0.15, 0.2) is 12.5 Å². The van der Waals surface area contributed by atoms with Crippen LogP contribution in [0.5, 0.6) is 5.06 Å². The molecule has 3 rings (SSSR count). The van der Waals surface area contributed by atoms with Crippen LogP contribution in [0.4, 0.5) is 0 Å². The summed E-state index contributed by atoms with van der Waals surface area (Å²) in [5, 5.41) is 2.21. The average molecular weight is 222 g/mol. The van der Waals surface area contributed by atoms with E-state index in [1.54, 1.807) is 17.7 Å². The number of aryl methyl sites for hydroxylation is 1. The molecule has 0 radical (unpaired) electrons. The Morgan fingerprint density at radius 1 is 1.40 bits per heavy atom. The number of fused-ring (bicyclic) bond motifs is 3. The summed E-state index contributed by atoms with van der Waals surface area (Å²) in [7, 11) is 0. The normalized spacial score (nSPS) is 13.7. The van der Waals surface area contributed by atoms with E-state index in [1.165, 1.54) is 10.9 Å². The van der Waals surface area contributed by atoms with Gasteiger partial charge >= 0.3 is 0 Å². The van der Waals surface area contributed by atoms with Crippen molar-refractivity contribution < 1.29 is 4.74 Å². The monoisotopic (exact) mass is 222 g/mol. The van der Waals surface area contributed by atoms with Crippen molar-refractivity contribution >= 4 is 21.6 Å². The second kappa shape index (κ2) is 4.57. The molecule has 1 aliphatic rings.